The highest BCUT2D eigenvalue weighted by Gasteiger charge is 2.16. The van der Waals surface area contributed by atoms with Crippen LogP contribution in [0.1, 0.15) is 15.9 Å². The van der Waals surface area contributed by atoms with E-state index in [9.17, 15) is 9.18 Å². The summed E-state index contributed by atoms with van der Waals surface area (Å²) in [6.07, 6.45) is 0. The van der Waals surface area contributed by atoms with Gasteiger partial charge < -0.3 is 9.47 Å². The Kier molecular flexibility index (Phi) is 4.39. The summed E-state index contributed by atoms with van der Waals surface area (Å²) < 4.78 is 24.6. The molecule has 0 bridgehead atoms. The van der Waals surface area contributed by atoms with Gasteiger partial charge in [-0.3, -0.25) is 4.79 Å². The van der Waals surface area contributed by atoms with Gasteiger partial charge in [-0.2, -0.15) is 0 Å². The highest BCUT2D eigenvalue weighted by Crippen LogP contribution is 2.26. The van der Waals surface area contributed by atoms with Gasteiger partial charge in [-0.25, -0.2) is 4.39 Å². The highest BCUT2D eigenvalue weighted by molar-refractivity contribution is 9.10. The standard InChI is InChI=1S/C15H12BrFO3/c1-19-11-5-9(6-12(8-11)20-2)15(18)13-7-10(16)3-4-14(13)17/h3-8H,1-2H3. The van der Waals surface area contributed by atoms with Gasteiger partial charge in [0.05, 0.1) is 19.8 Å². The van der Waals surface area contributed by atoms with Gasteiger partial charge >= 0.3 is 0 Å². The third-order valence-electron chi connectivity index (χ3n) is 2.79. The Morgan fingerprint density at radius 2 is 1.65 bits per heavy atom. The van der Waals surface area contributed by atoms with E-state index in [0.717, 1.165) is 0 Å². The van der Waals surface area contributed by atoms with Gasteiger partial charge in [0.15, 0.2) is 5.78 Å². The molecule has 104 valence electrons. The normalized spacial score (nSPS) is 10.2. The van der Waals surface area contributed by atoms with E-state index in [1.807, 2.05) is 0 Å². The molecule has 0 heterocycles. The van der Waals surface area contributed by atoms with Crippen LogP contribution in [-0.4, -0.2) is 20.0 Å². The van der Waals surface area contributed by atoms with Crippen LogP contribution in [0.2, 0.25) is 0 Å². The van der Waals surface area contributed by atoms with Gasteiger partial charge in [0.2, 0.25) is 0 Å². The van der Waals surface area contributed by atoms with Crippen molar-refractivity contribution in [2.75, 3.05) is 14.2 Å². The molecule has 0 aliphatic heterocycles. The summed E-state index contributed by atoms with van der Waals surface area (Å²) in [6.45, 7) is 0. The highest BCUT2D eigenvalue weighted by atomic mass is 79.9. The Bertz CT molecular complexity index is 633. The lowest BCUT2D eigenvalue weighted by molar-refractivity contribution is 0.103. The number of methoxy groups -OCH3 is 2. The van der Waals surface area contributed by atoms with Crippen molar-refractivity contribution in [3.63, 3.8) is 0 Å². The van der Waals surface area contributed by atoms with Crippen LogP contribution in [0.15, 0.2) is 40.9 Å². The van der Waals surface area contributed by atoms with Crippen LogP contribution in [0.5, 0.6) is 11.5 Å². The van der Waals surface area contributed by atoms with E-state index >= 15 is 0 Å². The fraction of sp³-hybridized carbons (Fsp3) is 0.133. The van der Waals surface area contributed by atoms with Crippen LogP contribution < -0.4 is 9.47 Å². The summed E-state index contributed by atoms with van der Waals surface area (Å²) >= 11 is 3.23. The number of rotatable bonds is 4. The predicted octanol–water partition coefficient (Wildman–Crippen LogP) is 3.84. The number of halogens is 2. The van der Waals surface area contributed by atoms with Crippen LogP contribution in [0, 0.1) is 5.82 Å². The monoisotopic (exact) mass is 338 g/mol. The topological polar surface area (TPSA) is 35.5 Å². The van der Waals surface area contributed by atoms with Crippen molar-refractivity contribution in [1.29, 1.82) is 0 Å². The number of carbonyl (C=O) groups excluding carboxylic acids is 1. The van der Waals surface area contributed by atoms with E-state index < -0.39 is 11.6 Å². The average Bonchev–Trinajstić information content (AvgIpc) is 2.48. The summed E-state index contributed by atoms with van der Waals surface area (Å²) in [6, 6.07) is 8.97. The van der Waals surface area contributed by atoms with Crippen LogP contribution in [0.3, 0.4) is 0 Å². The fourth-order valence-electron chi connectivity index (χ4n) is 1.77. The first-order chi connectivity index (χ1) is 9.55. The maximum Gasteiger partial charge on any atom is 0.196 e. The summed E-state index contributed by atoms with van der Waals surface area (Å²) in [4.78, 5) is 12.4. The number of hydrogen-bond acceptors (Lipinski definition) is 3. The number of ketones is 1. The summed E-state index contributed by atoms with van der Waals surface area (Å²) in [5.74, 6) is -0.0489. The molecule has 0 aliphatic carbocycles. The van der Waals surface area contributed by atoms with Crippen molar-refractivity contribution in [2.24, 2.45) is 0 Å². The van der Waals surface area contributed by atoms with E-state index in [4.69, 9.17) is 9.47 Å². The molecule has 0 atom stereocenters. The molecule has 0 N–H and O–H groups in total. The van der Waals surface area contributed by atoms with Crippen molar-refractivity contribution in [3.05, 3.63) is 57.8 Å². The molecule has 3 nitrogen and oxygen atoms in total. The van der Waals surface area contributed by atoms with Crippen LogP contribution in [-0.2, 0) is 0 Å². The minimum atomic E-state index is -0.569. The Morgan fingerprint density at radius 3 is 2.20 bits per heavy atom. The summed E-state index contributed by atoms with van der Waals surface area (Å²) in [5, 5.41) is 0. The van der Waals surface area contributed by atoms with Crippen LogP contribution >= 0.6 is 15.9 Å². The van der Waals surface area contributed by atoms with Gasteiger partial charge in [-0.05, 0) is 30.3 Å². The summed E-state index contributed by atoms with van der Waals surface area (Å²) in [5.41, 5.74) is 0.299. The van der Waals surface area contributed by atoms with Gasteiger partial charge in [0, 0.05) is 16.1 Å². The number of ether oxygens (including phenoxy) is 2. The SMILES string of the molecule is COc1cc(OC)cc(C(=O)c2cc(Br)ccc2F)c1. The maximum atomic E-state index is 13.8. The minimum absolute atomic E-state index is 0.00492. The maximum absolute atomic E-state index is 13.8. The predicted molar refractivity (Wildman–Crippen MR) is 77.1 cm³/mol. The van der Waals surface area contributed by atoms with E-state index in [0.29, 0.717) is 21.5 Å². The third-order valence-corrected chi connectivity index (χ3v) is 3.28. The van der Waals surface area contributed by atoms with E-state index in [-0.39, 0.29) is 5.56 Å². The zero-order chi connectivity index (χ0) is 14.7. The first kappa shape index (κ1) is 14.5. The third kappa shape index (κ3) is 2.99. The largest absolute Gasteiger partial charge is 0.497 e. The van der Waals surface area contributed by atoms with Gasteiger partial charge in [0.25, 0.3) is 0 Å². The van der Waals surface area contributed by atoms with Gasteiger partial charge in [-0.1, -0.05) is 15.9 Å². The van der Waals surface area contributed by atoms with E-state index in [1.165, 1.54) is 32.4 Å². The molecule has 2 aromatic rings. The summed E-state index contributed by atoms with van der Waals surface area (Å²) in [7, 11) is 2.98. The lowest BCUT2D eigenvalue weighted by Crippen LogP contribution is -2.05. The first-order valence-corrected chi connectivity index (χ1v) is 6.57. The van der Waals surface area contributed by atoms with Crippen molar-refractivity contribution in [2.45, 2.75) is 0 Å². The molecule has 2 rings (SSSR count). The molecule has 0 saturated carbocycles. The van der Waals surface area contributed by atoms with Crippen molar-refractivity contribution < 1.29 is 18.7 Å². The molecule has 0 saturated heterocycles. The lowest BCUT2D eigenvalue weighted by atomic mass is 10.0. The van der Waals surface area contributed by atoms with E-state index in [1.54, 1.807) is 18.2 Å². The van der Waals surface area contributed by atoms with Crippen molar-refractivity contribution in [1.82, 2.24) is 0 Å². The zero-order valence-corrected chi connectivity index (χ0v) is 12.5. The molecule has 0 spiro atoms. The zero-order valence-electron chi connectivity index (χ0n) is 10.9. The Hall–Kier alpha value is -1.88. The molecule has 0 fully saturated rings. The molecular weight excluding hydrogens is 327 g/mol. The minimum Gasteiger partial charge on any atom is -0.497 e. The molecule has 0 unspecified atom stereocenters. The molecule has 0 amide bonds. The fourth-order valence-corrected chi connectivity index (χ4v) is 2.13. The second kappa shape index (κ2) is 6.05. The van der Waals surface area contributed by atoms with Crippen molar-refractivity contribution >= 4 is 21.7 Å². The Labute approximate surface area is 124 Å². The lowest BCUT2D eigenvalue weighted by Gasteiger charge is -2.08. The van der Waals surface area contributed by atoms with Crippen LogP contribution in [0.4, 0.5) is 4.39 Å². The Morgan fingerprint density at radius 1 is 1.05 bits per heavy atom. The number of benzene rings is 2. The smallest absolute Gasteiger partial charge is 0.196 e. The van der Waals surface area contributed by atoms with Crippen LogP contribution in [0.25, 0.3) is 0 Å². The van der Waals surface area contributed by atoms with E-state index in [2.05, 4.69) is 15.9 Å². The molecule has 0 radical (unpaired) electrons. The molecule has 2 aromatic carbocycles. The quantitative estimate of drug-likeness (QED) is 0.794. The molecule has 5 heteroatoms. The molecule has 20 heavy (non-hydrogen) atoms. The van der Waals surface area contributed by atoms with Gasteiger partial charge in [0.1, 0.15) is 17.3 Å². The second-order valence-corrected chi connectivity index (χ2v) is 4.97. The molecule has 0 aliphatic rings. The van der Waals surface area contributed by atoms with Gasteiger partial charge in [-0.15, -0.1) is 0 Å². The number of carbonyl (C=O) groups is 1. The first-order valence-electron chi connectivity index (χ1n) is 5.78. The number of hydrogen-bond donors (Lipinski definition) is 0. The second-order valence-electron chi connectivity index (χ2n) is 4.05. The Balaban J connectivity index is 2.50. The molecular formula is C15H12BrFO3. The molecule has 0 aromatic heterocycles. The van der Waals surface area contributed by atoms with Crippen molar-refractivity contribution in [3.8, 4) is 11.5 Å². The average molecular weight is 339 g/mol.